The molecule has 6 nitrogen and oxygen atoms in total. The molecule has 0 saturated heterocycles. The SMILES string of the molecule is CC[C@H](C)NC(=O)[C@@H](C)N(Cc1cccc(OC)c1)C(=O)COc1ccc(C)cc1. The fraction of sp³-hybridized carbons (Fsp3) is 0.417. The summed E-state index contributed by atoms with van der Waals surface area (Å²) in [7, 11) is 1.60. The van der Waals surface area contributed by atoms with E-state index in [0.717, 1.165) is 17.5 Å². The molecule has 2 atom stereocenters. The molecule has 1 N–H and O–H groups in total. The molecule has 162 valence electrons. The minimum atomic E-state index is -0.640. The Morgan fingerprint density at radius 2 is 1.77 bits per heavy atom. The summed E-state index contributed by atoms with van der Waals surface area (Å²) in [5, 5.41) is 2.95. The molecule has 0 unspecified atom stereocenters. The number of carbonyl (C=O) groups is 2. The van der Waals surface area contributed by atoms with Gasteiger partial charge < -0.3 is 19.7 Å². The zero-order valence-electron chi connectivity index (χ0n) is 18.5. The third-order valence-corrected chi connectivity index (χ3v) is 5.04. The molecule has 2 rings (SSSR count). The van der Waals surface area contributed by atoms with E-state index >= 15 is 0 Å². The molecule has 2 aromatic rings. The quantitative estimate of drug-likeness (QED) is 0.646. The second-order valence-corrected chi connectivity index (χ2v) is 7.47. The lowest BCUT2D eigenvalue weighted by molar-refractivity contribution is -0.142. The maximum atomic E-state index is 13.0. The van der Waals surface area contributed by atoms with Crippen molar-refractivity contribution in [2.45, 2.75) is 52.7 Å². The first kappa shape index (κ1) is 23.3. The number of nitrogens with zero attached hydrogens (tertiary/aromatic N) is 1. The number of amides is 2. The summed E-state index contributed by atoms with van der Waals surface area (Å²) in [5.74, 6) is 0.876. The van der Waals surface area contributed by atoms with Crippen molar-refractivity contribution in [3.8, 4) is 11.5 Å². The van der Waals surface area contributed by atoms with E-state index < -0.39 is 6.04 Å². The molecule has 0 fully saturated rings. The highest BCUT2D eigenvalue weighted by atomic mass is 16.5. The highest BCUT2D eigenvalue weighted by Crippen LogP contribution is 2.17. The molecule has 6 heteroatoms. The van der Waals surface area contributed by atoms with E-state index in [2.05, 4.69) is 5.32 Å². The fourth-order valence-corrected chi connectivity index (χ4v) is 2.88. The van der Waals surface area contributed by atoms with Crippen LogP contribution in [0, 0.1) is 6.92 Å². The molecule has 0 bridgehead atoms. The van der Waals surface area contributed by atoms with Crippen molar-refractivity contribution in [2.24, 2.45) is 0 Å². The van der Waals surface area contributed by atoms with Gasteiger partial charge in [-0.05, 0) is 57.0 Å². The normalized spacial score (nSPS) is 12.6. The third-order valence-electron chi connectivity index (χ3n) is 5.04. The first-order valence-electron chi connectivity index (χ1n) is 10.3. The van der Waals surface area contributed by atoms with E-state index in [0.29, 0.717) is 11.5 Å². The van der Waals surface area contributed by atoms with E-state index in [-0.39, 0.29) is 31.0 Å². The summed E-state index contributed by atoms with van der Waals surface area (Å²) < 4.78 is 11.0. The average molecular weight is 413 g/mol. The van der Waals surface area contributed by atoms with Crippen LogP contribution in [-0.2, 0) is 16.1 Å². The number of methoxy groups -OCH3 is 1. The minimum absolute atomic E-state index is 0.0394. The number of carbonyl (C=O) groups excluding carboxylic acids is 2. The van der Waals surface area contributed by atoms with Crippen LogP contribution in [0.5, 0.6) is 11.5 Å². The van der Waals surface area contributed by atoms with Crippen LogP contribution in [0.2, 0.25) is 0 Å². The third kappa shape index (κ3) is 6.79. The number of benzene rings is 2. The highest BCUT2D eigenvalue weighted by molar-refractivity contribution is 5.88. The lowest BCUT2D eigenvalue weighted by Gasteiger charge is -2.29. The lowest BCUT2D eigenvalue weighted by atomic mass is 10.1. The number of ether oxygens (including phenoxy) is 2. The van der Waals surface area contributed by atoms with Gasteiger partial charge in [0.05, 0.1) is 7.11 Å². The van der Waals surface area contributed by atoms with Crippen molar-refractivity contribution in [2.75, 3.05) is 13.7 Å². The average Bonchev–Trinajstić information content (AvgIpc) is 2.76. The molecular formula is C24H32N2O4. The maximum Gasteiger partial charge on any atom is 0.261 e. The summed E-state index contributed by atoms with van der Waals surface area (Å²) in [6.45, 7) is 7.81. The Morgan fingerprint density at radius 3 is 2.40 bits per heavy atom. The van der Waals surface area contributed by atoms with Crippen LogP contribution >= 0.6 is 0 Å². The predicted molar refractivity (Wildman–Crippen MR) is 118 cm³/mol. The Bertz CT molecular complexity index is 835. The highest BCUT2D eigenvalue weighted by Gasteiger charge is 2.27. The Hall–Kier alpha value is -3.02. The number of rotatable bonds is 10. The fourth-order valence-electron chi connectivity index (χ4n) is 2.88. The summed E-state index contributed by atoms with van der Waals surface area (Å²) >= 11 is 0. The van der Waals surface area contributed by atoms with Crippen LogP contribution in [0.15, 0.2) is 48.5 Å². The Balaban J connectivity index is 2.16. The molecule has 0 heterocycles. The topological polar surface area (TPSA) is 67.9 Å². The molecule has 2 amide bonds. The number of hydrogen-bond donors (Lipinski definition) is 1. The molecule has 2 aromatic carbocycles. The Kier molecular flexibility index (Phi) is 8.71. The Labute approximate surface area is 179 Å². The summed E-state index contributed by atoms with van der Waals surface area (Å²) in [4.78, 5) is 27.3. The monoisotopic (exact) mass is 412 g/mol. The summed E-state index contributed by atoms with van der Waals surface area (Å²) in [6, 6.07) is 14.4. The molecule has 0 aromatic heterocycles. The van der Waals surface area contributed by atoms with Crippen molar-refractivity contribution in [1.82, 2.24) is 10.2 Å². The lowest BCUT2D eigenvalue weighted by Crippen LogP contribution is -2.50. The van der Waals surface area contributed by atoms with Gasteiger partial charge >= 0.3 is 0 Å². The van der Waals surface area contributed by atoms with Crippen molar-refractivity contribution in [3.63, 3.8) is 0 Å². The van der Waals surface area contributed by atoms with Crippen LogP contribution in [-0.4, -0.2) is 42.5 Å². The van der Waals surface area contributed by atoms with E-state index in [1.165, 1.54) is 0 Å². The molecule has 0 aliphatic heterocycles. The van der Waals surface area contributed by atoms with Crippen LogP contribution in [0.3, 0.4) is 0 Å². The largest absolute Gasteiger partial charge is 0.497 e. The Morgan fingerprint density at radius 1 is 1.07 bits per heavy atom. The van der Waals surface area contributed by atoms with Gasteiger partial charge in [-0.3, -0.25) is 9.59 Å². The van der Waals surface area contributed by atoms with Gasteiger partial charge in [0.1, 0.15) is 17.5 Å². The molecule has 0 radical (unpaired) electrons. The number of nitrogens with one attached hydrogen (secondary N) is 1. The van der Waals surface area contributed by atoms with Crippen LogP contribution < -0.4 is 14.8 Å². The van der Waals surface area contributed by atoms with Gasteiger partial charge in [-0.25, -0.2) is 0 Å². The maximum absolute atomic E-state index is 13.0. The second-order valence-electron chi connectivity index (χ2n) is 7.47. The van der Waals surface area contributed by atoms with E-state index in [9.17, 15) is 9.59 Å². The smallest absolute Gasteiger partial charge is 0.261 e. The predicted octanol–water partition coefficient (Wildman–Crippen LogP) is 3.71. The van der Waals surface area contributed by atoms with Crippen LogP contribution in [0.4, 0.5) is 0 Å². The molecule has 30 heavy (non-hydrogen) atoms. The summed E-state index contributed by atoms with van der Waals surface area (Å²) in [5.41, 5.74) is 1.99. The second kappa shape index (κ2) is 11.2. The van der Waals surface area contributed by atoms with Gasteiger partial charge in [0, 0.05) is 12.6 Å². The van der Waals surface area contributed by atoms with Crippen molar-refractivity contribution in [1.29, 1.82) is 0 Å². The minimum Gasteiger partial charge on any atom is -0.497 e. The van der Waals surface area contributed by atoms with E-state index in [4.69, 9.17) is 9.47 Å². The number of aryl methyl sites for hydroxylation is 1. The van der Waals surface area contributed by atoms with Crippen molar-refractivity contribution >= 4 is 11.8 Å². The first-order chi connectivity index (χ1) is 14.3. The molecule has 0 aliphatic rings. The molecule has 0 saturated carbocycles. The van der Waals surface area contributed by atoms with Crippen molar-refractivity contribution < 1.29 is 19.1 Å². The van der Waals surface area contributed by atoms with Gasteiger partial charge in [-0.15, -0.1) is 0 Å². The van der Waals surface area contributed by atoms with E-state index in [1.807, 2.05) is 69.3 Å². The zero-order valence-corrected chi connectivity index (χ0v) is 18.5. The van der Waals surface area contributed by atoms with Gasteiger partial charge in [-0.2, -0.15) is 0 Å². The standard InChI is InChI=1S/C24H32N2O4/c1-6-18(3)25-24(28)19(4)26(15-20-8-7-9-22(14-20)29-5)23(27)16-30-21-12-10-17(2)11-13-21/h7-14,18-19H,6,15-16H2,1-5H3,(H,25,28)/t18-,19+/m0/s1. The summed E-state index contributed by atoms with van der Waals surface area (Å²) in [6.07, 6.45) is 0.818. The molecule has 0 spiro atoms. The molecule has 0 aliphatic carbocycles. The van der Waals surface area contributed by atoms with E-state index in [1.54, 1.807) is 18.9 Å². The van der Waals surface area contributed by atoms with Gasteiger partial charge in [0.2, 0.25) is 5.91 Å². The van der Waals surface area contributed by atoms with Gasteiger partial charge in [0.15, 0.2) is 6.61 Å². The molecular weight excluding hydrogens is 380 g/mol. The van der Waals surface area contributed by atoms with Gasteiger partial charge in [0.25, 0.3) is 5.91 Å². The van der Waals surface area contributed by atoms with Crippen LogP contribution in [0.1, 0.15) is 38.3 Å². The zero-order chi connectivity index (χ0) is 22.1. The van der Waals surface area contributed by atoms with Crippen molar-refractivity contribution in [3.05, 3.63) is 59.7 Å². The van der Waals surface area contributed by atoms with Gasteiger partial charge in [-0.1, -0.05) is 36.8 Å². The number of hydrogen-bond acceptors (Lipinski definition) is 4. The first-order valence-corrected chi connectivity index (χ1v) is 10.3. The van der Waals surface area contributed by atoms with Crippen LogP contribution in [0.25, 0.3) is 0 Å².